The molecule has 0 aliphatic carbocycles. The Hall–Kier alpha value is -1.03. The predicted octanol–water partition coefficient (Wildman–Crippen LogP) is 1.20. The van der Waals surface area contributed by atoms with E-state index in [1.54, 1.807) is 24.7 Å². The number of nitrogens with zero attached hydrogens (tertiary/aromatic N) is 3. The molecular weight excluding hydrogens is 154 g/mol. The summed E-state index contributed by atoms with van der Waals surface area (Å²) in [5.74, 6) is 0. The molecule has 0 saturated carbocycles. The molecule has 1 aromatic rings. The van der Waals surface area contributed by atoms with Crippen molar-refractivity contribution in [1.82, 2.24) is 9.78 Å². The largest absolute Gasteiger partial charge is 0.680 e. The normalized spacial score (nSPS) is 11.7. The summed E-state index contributed by atoms with van der Waals surface area (Å²) in [5, 5.41) is 17.5. The zero-order chi connectivity index (χ0) is 9.19. The van der Waals surface area contributed by atoms with Crippen LogP contribution >= 0.6 is 0 Å². The monoisotopic (exact) mass is 168 g/mol. The van der Waals surface area contributed by atoms with Crippen molar-refractivity contribution in [3.63, 3.8) is 0 Å². The van der Waals surface area contributed by atoms with Gasteiger partial charge in [0, 0.05) is 25.0 Å². The average Bonchev–Trinajstić information content (AvgIpc) is 2.30. The summed E-state index contributed by atoms with van der Waals surface area (Å²) in [6, 6.07) is 0. The van der Waals surface area contributed by atoms with Crippen LogP contribution in [0.4, 0.5) is 5.69 Å². The third kappa shape index (κ3) is 2.92. The van der Waals surface area contributed by atoms with Crippen molar-refractivity contribution in [3.8, 4) is 0 Å². The first-order valence-electron chi connectivity index (χ1n) is 3.86. The molecule has 0 aromatic carbocycles. The zero-order valence-corrected chi connectivity index (χ0v) is 7.65. The fourth-order valence-electron chi connectivity index (χ4n) is 0.775. The summed E-state index contributed by atoms with van der Waals surface area (Å²) in [7, 11) is 1.84. The third-order valence-electron chi connectivity index (χ3n) is 1.34. The topological polar surface area (TPSA) is 52.2 Å². The maximum absolute atomic E-state index is 9.36. The summed E-state index contributed by atoms with van der Waals surface area (Å²) < 4.78 is 1.68. The van der Waals surface area contributed by atoms with Gasteiger partial charge in [-0.3, -0.25) is 4.68 Å². The highest BCUT2D eigenvalue weighted by Crippen LogP contribution is 2.18. The molecule has 0 atom stereocenters. The van der Waals surface area contributed by atoms with Gasteiger partial charge in [-0.2, -0.15) is 5.10 Å². The van der Waals surface area contributed by atoms with Gasteiger partial charge in [-0.25, -0.2) is 0 Å². The fraction of sp³-hybridized carbons (Fsp3) is 0.625. The highest BCUT2D eigenvalue weighted by Gasteiger charge is 2.04. The van der Waals surface area contributed by atoms with E-state index in [0.29, 0.717) is 6.54 Å². The van der Waals surface area contributed by atoms with Gasteiger partial charge in [0.15, 0.2) is 0 Å². The summed E-state index contributed by atoms with van der Waals surface area (Å²) in [4.78, 5) is 0. The minimum absolute atomic E-state index is 0.401. The Kier molecular flexibility index (Phi) is 2.38. The van der Waals surface area contributed by atoms with Gasteiger partial charge in [0.1, 0.15) is 0 Å². The van der Waals surface area contributed by atoms with E-state index in [1.807, 2.05) is 13.2 Å². The van der Waals surface area contributed by atoms with E-state index in [-0.39, 0.29) is 0 Å². The second-order valence-corrected chi connectivity index (χ2v) is 3.50. The summed E-state index contributed by atoms with van der Waals surface area (Å²) in [6.07, 6.45) is 3.48. The van der Waals surface area contributed by atoms with Crippen LogP contribution in [-0.4, -0.2) is 27.0 Å². The Bertz CT molecular complexity index is 249. The minimum Gasteiger partial charge on any atom is -0.680 e. The molecule has 0 aliphatic heterocycles. The van der Waals surface area contributed by atoms with Crippen molar-refractivity contribution in [1.29, 1.82) is 0 Å². The highest BCUT2D eigenvalue weighted by molar-refractivity contribution is 5.44. The lowest BCUT2D eigenvalue weighted by molar-refractivity contribution is 0.0970. The lowest BCUT2D eigenvalue weighted by atomic mass is 10.1. The molecule has 1 heterocycles. The molecule has 12 heavy (non-hydrogen) atoms. The number of rotatable bonds is 3. The first-order chi connectivity index (χ1) is 5.47. The smallest absolute Gasteiger partial charge is 0.0432 e. The standard InChI is InChI=1S/C8H14N3O/c1-8(2,12)6-9-7-4-10-11(3)5-7/h4-5,12H,6H2,1-3H3/q-1. The molecule has 0 fully saturated rings. The Morgan fingerprint density at radius 1 is 1.67 bits per heavy atom. The molecule has 1 rings (SSSR count). The molecular formula is C8H14N3O-. The van der Waals surface area contributed by atoms with Gasteiger partial charge in [-0.1, -0.05) is 0 Å². The molecule has 0 spiro atoms. The van der Waals surface area contributed by atoms with Crippen molar-refractivity contribution in [2.45, 2.75) is 19.4 Å². The second-order valence-electron chi connectivity index (χ2n) is 3.50. The minimum atomic E-state index is -0.740. The Morgan fingerprint density at radius 2 is 2.33 bits per heavy atom. The van der Waals surface area contributed by atoms with Crippen LogP contribution in [-0.2, 0) is 7.05 Å². The van der Waals surface area contributed by atoms with E-state index in [4.69, 9.17) is 0 Å². The van der Waals surface area contributed by atoms with Crippen molar-refractivity contribution in [3.05, 3.63) is 17.7 Å². The van der Waals surface area contributed by atoms with Gasteiger partial charge in [0.2, 0.25) is 0 Å². The maximum atomic E-state index is 9.36. The molecule has 4 nitrogen and oxygen atoms in total. The molecule has 1 N–H and O–H groups in total. The Balaban J connectivity index is 2.44. The van der Waals surface area contributed by atoms with Crippen molar-refractivity contribution >= 4 is 5.69 Å². The quantitative estimate of drug-likeness (QED) is 0.737. The van der Waals surface area contributed by atoms with E-state index < -0.39 is 5.60 Å². The van der Waals surface area contributed by atoms with E-state index in [9.17, 15) is 5.11 Å². The Labute approximate surface area is 72.2 Å². The molecule has 0 bridgehead atoms. The van der Waals surface area contributed by atoms with Crippen LogP contribution in [0.3, 0.4) is 0 Å². The van der Waals surface area contributed by atoms with Gasteiger partial charge in [-0.05, 0) is 13.8 Å². The van der Waals surface area contributed by atoms with Gasteiger partial charge >= 0.3 is 0 Å². The van der Waals surface area contributed by atoms with E-state index in [1.165, 1.54) is 0 Å². The van der Waals surface area contributed by atoms with Gasteiger partial charge in [0.05, 0.1) is 0 Å². The molecule has 0 saturated heterocycles. The van der Waals surface area contributed by atoms with Crippen molar-refractivity contribution in [2.24, 2.45) is 7.05 Å². The van der Waals surface area contributed by atoms with E-state index in [2.05, 4.69) is 10.4 Å². The third-order valence-corrected chi connectivity index (χ3v) is 1.34. The molecule has 0 radical (unpaired) electrons. The van der Waals surface area contributed by atoms with Crippen LogP contribution in [0.5, 0.6) is 0 Å². The number of hydrogen-bond donors (Lipinski definition) is 1. The van der Waals surface area contributed by atoms with E-state index >= 15 is 0 Å². The van der Waals surface area contributed by atoms with Gasteiger partial charge < -0.3 is 10.4 Å². The number of hydrogen-bond acceptors (Lipinski definition) is 2. The molecule has 0 amide bonds. The maximum Gasteiger partial charge on any atom is 0.0432 e. The average molecular weight is 168 g/mol. The molecule has 68 valence electrons. The second kappa shape index (κ2) is 3.15. The lowest BCUT2D eigenvalue weighted by Gasteiger charge is -2.28. The molecule has 4 heteroatoms. The van der Waals surface area contributed by atoms with Crippen LogP contribution in [0.15, 0.2) is 12.4 Å². The first-order valence-corrected chi connectivity index (χ1v) is 3.86. The fourth-order valence-corrected chi connectivity index (χ4v) is 0.775. The molecule has 0 unspecified atom stereocenters. The number of aryl methyl sites for hydroxylation is 1. The zero-order valence-electron chi connectivity index (χ0n) is 7.65. The highest BCUT2D eigenvalue weighted by atomic mass is 16.3. The number of aromatic nitrogens is 2. The lowest BCUT2D eigenvalue weighted by Crippen LogP contribution is -2.22. The van der Waals surface area contributed by atoms with Crippen molar-refractivity contribution < 1.29 is 5.11 Å². The predicted molar refractivity (Wildman–Crippen MR) is 47.4 cm³/mol. The first kappa shape index (κ1) is 9.06. The van der Waals surface area contributed by atoms with Gasteiger partial charge in [0.25, 0.3) is 0 Å². The number of aliphatic hydroxyl groups is 1. The van der Waals surface area contributed by atoms with E-state index in [0.717, 1.165) is 5.69 Å². The van der Waals surface area contributed by atoms with Crippen LogP contribution < -0.4 is 0 Å². The Morgan fingerprint density at radius 3 is 2.75 bits per heavy atom. The van der Waals surface area contributed by atoms with Gasteiger partial charge in [-0.15, -0.1) is 12.2 Å². The van der Waals surface area contributed by atoms with Crippen LogP contribution in [0.2, 0.25) is 0 Å². The summed E-state index contributed by atoms with van der Waals surface area (Å²) in [5.41, 5.74) is 0.0650. The van der Waals surface area contributed by atoms with Crippen LogP contribution in [0.25, 0.3) is 5.32 Å². The SMILES string of the molecule is Cn1cc([N-]CC(C)(C)O)cn1. The summed E-state index contributed by atoms with van der Waals surface area (Å²) in [6.45, 7) is 3.86. The molecule has 1 aromatic heterocycles. The van der Waals surface area contributed by atoms with Crippen molar-refractivity contribution in [2.75, 3.05) is 6.54 Å². The van der Waals surface area contributed by atoms with Crippen LogP contribution in [0.1, 0.15) is 13.8 Å². The summed E-state index contributed by atoms with van der Waals surface area (Å²) >= 11 is 0. The van der Waals surface area contributed by atoms with Crippen LogP contribution in [0, 0.1) is 0 Å². The molecule has 0 aliphatic rings.